The van der Waals surface area contributed by atoms with E-state index in [1.807, 2.05) is 54.6 Å². The molecule has 2 nitrogen and oxygen atoms in total. The highest BCUT2D eigenvalue weighted by molar-refractivity contribution is 9.09. The molecule has 0 radical (unpaired) electrons. The zero-order chi connectivity index (χ0) is 11.7. The minimum absolute atomic E-state index is 0.195. The highest BCUT2D eigenvalue weighted by Gasteiger charge is 2.22. The molecule has 0 aromatic heterocycles. The molecule has 1 unspecified atom stereocenters. The van der Waals surface area contributed by atoms with Gasteiger partial charge in [0.2, 0.25) is 0 Å². The first kappa shape index (κ1) is 10.5. The molecule has 17 heavy (non-hydrogen) atoms. The van der Waals surface area contributed by atoms with Gasteiger partial charge in [0, 0.05) is 5.56 Å². The molecule has 84 valence electrons. The fourth-order valence-electron chi connectivity index (χ4n) is 1.80. The summed E-state index contributed by atoms with van der Waals surface area (Å²) < 4.78 is 5.78. The molecular formula is C14H10BrNO. The standard InChI is InChI=1S/C14H10BrNO/c15-14-13(10-6-2-1-3-7-10)16-11-8-4-5-9-12(11)17-14/h1-9,14H. The quantitative estimate of drug-likeness (QED) is 0.729. The second-order valence-electron chi connectivity index (χ2n) is 3.76. The van der Waals surface area contributed by atoms with Crippen LogP contribution in [0, 0.1) is 0 Å². The van der Waals surface area contributed by atoms with E-state index in [1.165, 1.54) is 0 Å². The van der Waals surface area contributed by atoms with Crippen LogP contribution in [0.2, 0.25) is 0 Å². The first-order chi connectivity index (χ1) is 8.34. The van der Waals surface area contributed by atoms with E-state index in [0.29, 0.717) is 0 Å². The molecule has 0 aliphatic carbocycles. The lowest BCUT2D eigenvalue weighted by molar-refractivity contribution is 0.349. The average molecular weight is 288 g/mol. The molecule has 0 fully saturated rings. The molecule has 0 saturated heterocycles. The fraction of sp³-hybridized carbons (Fsp3) is 0.0714. The third-order valence-electron chi connectivity index (χ3n) is 2.62. The highest BCUT2D eigenvalue weighted by atomic mass is 79.9. The van der Waals surface area contributed by atoms with Gasteiger partial charge in [0.05, 0.1) is 5.71 Å². The van der Waals surface area contributed by atoms with E-state index < -0.39 is 0 Å². The summed E-state index contributed by atoms with van der Waals surface area (Å²) in [5.41, 5.74) is 2.86. The number of hydrogen-bond acceptors (Lipinski definition) is 2. The molecule has 1 aliphatic rings. The van der Waals surface area contributed by atoms with Crippen molar-refractivity contribution < 1.29 is 4.74 Å². The zero-order valence-corrected chi connectivity index (χ0v) is 10.6. The predicted molar refractivity (Wildman–Crippen MR) is 72.4 cm³/mol. The maximum Gasteiger partial charge on any atom is 0.195 e. The fourth-order valence-corrected chi connectivity index (χ4v) is 2.37. The van der Waals surface area contributed by atoms with Gasteiger partial charge in [-0.05, 0) is 28.1 Å². The van der Waals surface area contributed by atoms with E-state index in [4.69, 9.17) is 4.74 Å². The van der Waals surface area contributed by atoms with Crippen LogP contribution in [0.5, 0.6) is 5.75 Å². The van der Waals surface area contributed by atoms with Gasteiger partial charge < -0.3 is 4.74 Å². The normalized spacial score (nSPS) is 17.9. The van der Waals surface area contributed by atoms with E-state index in [-0.39, 0.29) is 5.01 Å². The predicted octanol–water partition coefficient (Wildman–Crippen LogP) is 3.92. The number of aliphatic imine (C=N–C) groups is 1. The first-order valence-electron chi connectivity index (χ1n) is 5.38. The summed E-state index contributed by atoms with van der Waals surface area (Å²) in [6, 6.07) is 17.8. The Morgan fingerprint density at radius 2 is 1.65 bits per heavy atom. The number of hydrogen-bond donors (Lipinski definition) is 0. The average Bonchev–Trinajstić information content (AvgIpc) is 2.39. The summed E-state index contributed by atoms with van der Waals surface area (Å²) in [5.74, 6) is 0.814. The van der Waals surface area contributed by atoms with Gasteiger partial charge >= 0.3 is 0 Å². The van der Waals surface area contributed by atoms with Crippen LogP contribution in [0.3, 0.4) is 0 Å². The van der Waals surface area contributed by atoms with E-state index >= 15 is 0 Å². The van der Waals surface area contributed by atoms with E-state index in [1.54, 1.807) is 0 Å². The molecule has 3 rings (SSSR count). The summed E-state index contributed by atoms with van der Waals surface area (Å²) in [6.45, 7) is 0. The van der Waals surface area contributed by atoms with Crippen LogP contribution in [0.4, 0.5) is 5.69 Å². The Morgan fingerprint density at radius 3 is 2.47 bits per heavy atom. The van der Waals surface area contributed by atoms with Crippen molar-refractivity contribution in [1.82, 2.24) is 0 Å². The van der Waals surface area contributed by atoms with Crippen molar-refractivity contribution in [3.63, 3.8) is 0 Å². The van der Waals surface area contributed by atoms with Crippen molar-refractivity contribution in [2.45, 2.75) is 5.01 Å². The molecule has 0 saturated carbocycles. The molecule has 1 heterocycles. The topological polar surface area (TPSA) is 21.6 Å². The molecule has 0 bridgehead atoms. The Kier molecular flexibility index (Phi) is 2.69. The molecule has 2 aromatic rings. The minimum atomic E-state index is -0.195. The number of benzene rings is 2. The molecule has 0 amide bonds. The monoisotopic (exact) mass is 287 g/mol. The van der Waals surface area contributed by atoms with Crippen LogP contribution < -0.4 is 4.74 Å². The number of fused-ring (bicyclic) bond motifs is 1. The Morgan fingerprint density at radius 1 is 0.941 bits per heavy atom. The number of nitrogens with zero attached hydrogens (tertiary/aromatic N) is 1. The second kappa shape index (κ2) is 4.34. The number of ether oxygens (including phenoxy) is 1. The summed E-state index contributed by atoms with van der Waals surface area (Å²) in [4.78, 5) is 4.64. The van der Waals surface area contributed by atoms with E-state index in [9.17, 15) is 0 Å². The second-order valence-corrected chi connectivity index (χ2v) is 4.60. The first-order valence-corrected chi connectivity index (χ1v) is 6.30. The SMILES string of the molecule is BrC1Oc2ccccc2N=C1c1ccccc1. The lowest BCUT2D eigenvalue weighted by Crippen LogP contribution is -2.24. The van der Waals surface area contributed by atoms with E-state index in [0.717, 1.165) is 22.7 Å². The van der Waals surface area contributed by atoms with Crippen molar-refractivity contribution >= 4 is 27.3 Å². The third-order valence-corrected chi connectivity index (χ3v) is 3.24. The van der Waals surface area contributed by atoms with Crippen molar-refractivity contribution in [3.8, 4) is 5.75 Å². The van der Waals surface area contributed by atoms with Gasteiger partial charge in [-0.15, -0.1) is 0 Å². The van der Waals surface area contributed by atoms with Crippen molar-refractivity contribution in [2.24, 2.45) is 4.99 Å². The van der Waals surface area contributed by atoms with E-state index in [2.05, 4.69) is 20.9 Å². The molecule has 2 aromatic carbocycles. The van der Waals surface area contributed by atoms with Crippen molar-refractivity contribution in [3.05, 3.63) is 60.2 Å². The van der Waals surface area contributed by atoms with Crippen LogP contribution in [-0.2, 0) is 0 Å². The Hall–Kier alpha value is -1.61. The maximum absolute atomic E-state index is 5.78. The Labute approximate surface area is 108 Å². The smallest absolute Gasteiger partial charge is 0.195 e. The summed E-state index contributed by atoms with van der Waals surface area (Å²) in [5, 5.41) is -0.195. The number of rotatable bonds is 1. The lowest BCUT2D eigenvalue weighted by atomic mass is 10.1. The van der Waals surface area contributed by atoms with Gasteiger partial charge in [-0.2, -0.15) is 0 Å². The maximum atomic E-state index is 5.78. The van der Waals surface area contributed by atoms with Crippen molar-refractivity contribution in [1.29, 1.82) is 0 Å². The van der Waals surface area contributed by atoms with Gasteiger partial charge in [0.25, 0.3) is 0 Å². The highest BCUT2D eigenvalue weighted by Crippen LogP contribution is 2.34. The lowest BCUT2D eigenvalue weighted by Gasteiger charge is -2.22. The number of alkyl halides is 1. The van der Waals surface area contributed by atoms with Gasteiger partial charge in [-0.25, -0.2) is 4.99 Å². The van der Waals surface area contributed by atoms with Crippen molar-refractivity contribution in [2.75, 3.05) is 0 Å². The molecular weight excluding hydrogens is 278 g/mol. The number of para-hydroxylation sites is 2. The van der Waals surface area contributed by atoms with Crippen LogP contribution in [0.1, 0.15) is 5.56 Å². The van der Waals surface area contributed by atoms with Crippen LogP contribution in [0.15, 0.2) is 59.6 Å². The van der Waals surface area contributed by atoms with Crippen LogP contribution in [0.25, 0.3) is 0 Å². The third kappa shape index (κ3) is 1.98. The Bertz CT molecular complexity index is 565. The summed E-state index contributed by atoms with van der Waals surface area (Å²) in [6.07, 6.45) is 0. The number of halogens is 1. The molecule has 1 atom stereocenters. The Balaban J connectivity index is 2.10. The van der Waals surface area contributed by atoms with Gasteiger partial charge in [-0.1, -0.05) is 42.5 Å². The minimum Gasteiger partial charge on any atom is -0.471 e. The largest absolute Gasteiger partial charge is 0.471 e. The van der Waals surface area contributed by atoms with Crippen LogP contribution >= 0.6 is 15.9 Å². The molecule has 0 spiro atoms. The summed E-state index contributed by atoms with van der Waals surface area (Å²) in [7, 11) is 0. The molecule has 3 heteroatoms. The van der Waals surface area contributed by atoms with Crippen LogP contribution in [-0.4, -0.2) is 10.7 Å². The van der Waals surface area contributed by atoms with Gasteiger partial charge in [0.1, 0.15) is 11.4 Å². The molecule has 0 N–H and O–H groups in total. The zero-order valence-electron chi connectivity index (χ0n) is 9.01. The summed E-state index contributed by atoms with van der Waals surface area (Å²) >= 11 is 3.51. The van der Waals surface area contributed by atoms with Gasteiger partial charge in [0.15, 0.2) is 5.01 Å². The molecule has 1 aliphatic heterocycles. The van der Waals surface area contributed by atoms with Gasteiger partial charge in [-0.3, -0.25) is 0 Å².